The van der Waals surface area contributed by atoms with Crippen molar-refractivity contribution in [3.8, 4) is 0 Å². The van der Waals surface area contributed by atoms with Crippen molar-refractivity contribution >= 4 is 0 Å². The lowest BCUT2D eigenvalue weighted by atomic mass is 10.1. The molecular formula is C10H14FN. The first-order valence-electron chi connectivity index (χ1n) is 4.23. The largest absolute Gasteiger partial charge is 0.310 e. The average molecular weight is 167 g/mol. The van der Waals surface area contributed by atoms with Gasteiger partial charge in [0.25, 0.3) is 0 Å². The van der Waals surface area contributed by atoms with E-state index in [1.54, 1.807) is 6.07 Å². The molecule has 2 heteroatoms. The molecule has 0 radical (unpaired) electrons. The van der Waals surface area contributed by atoms with E-state index in [4.69, 9.17) is 0 Å². The zero-order valence-electron chi connectivity index (χ0n) is 7.47. The van der Waals surface area contributed by atoms with Gasteiger partial charge in [-0.2, -0.15) is 0 Å². The summed E-state index contributed by atoms with van der Waals surface area (Å²) < 4.78 is 13.1. The fraction of sp³-hybridized carbons (Fsp3) is 0.400. The second-order valence-corrected chi connectivity index (χ2v) is 2.80. The van der Waals surface area contributed by atoms with E-state index >= 15 is 0 Å². The second kappa shape index (κ2) is 4.21. The van der Waals surface area contributed by atoms with E-state index in [0.29, 0.717) is 0 Å². The SMILES string of the molecule is CCN[C@H](C)c1ccccc1F. The molecule has 0 saturated heterocycles. The smallest absolute Gasteiger partial charge is 0.127 e. The van der Waals surface area contributed by atoms with Gasteiger partial charge in [-0.15, -0.1) is 0 Å². The van der Waals surface area contributed by atoms with Gasteiger partial charge in [0.1, 0.15) is 5.82 Å². The van der Waals surface area contributed by atoms with Crippen molar-refractivity contribution in [2.45, 2.75) is 19.9 Å². The highest BCUT2D eigenvalue weighted by atomic mass is 19.1. The average Bonchev–Trinajstić information content (AvgIpc) is 2.05. The number of hydrogen-bond acceptors (Lipinski definition) is 1. The van der Waals surface area contributed by atoms with Crippen LogP contribution < -0.4 is 5.32 Å². The molecule has 0 spiro atoms. The third kappa shape index (κ3) is 2.05. The Hall–Kier alpha value is -0.890. The van der Waals surface area contributed by atoms with Crippen LogP contribution in [0.25, 0.3) is 0 Å². The molecule has 1 nitrogen and oxygen atoms in total. The highest BCUT2D eigenvalue weighted by Crippen LogP contribution is 2.15. The monoisotopic (exact) mass is 167 g/mol. The normalized spacial score (nSPS) is 12.9. The maximum atomic E-state index is 13.1. The molecule has 0 aromatic heterocycles. The van der Waals surface area contributed by atoms with Crippen molar-refractivity contribution in [3.05, 3.63) is 35.6 Å². The first-order chi connectivity index (χ1) is 5.75. The number of benzene rings is 1. The lowest BCUT2D eigenvalue weighted by molar-refractivity contribution is 0.541. The summed E-state index contributed by atoms with van der Waals surface area (Å²) in [5, 5.41) is 3.16. The summed E-state index contributed by atoms with van der Waals surface area (Å²) in [6.07, 6.45) is 0. The van der Waals surface area contributed by atoms with Crippen molar-refractivity contribution in [2.24, 2.45) is 0 Å². The van der Waals surface area contributed by atoms with E-state index in [1.807, 2.05) is 26.0 Å². The standard InChI is InChI=1S/C10H14FN/c1-3-12-8(2)9-6-4-5-7-10(9)11/h4-8,12H,3H2,1-2H3/t8-/m1/s1. The van der Waals surface area contributed by atoms with E-state index in [0.717, 1.165) is 12.1 Å². The van der Waals surface area contributed by atoms with Gasteiger partial charge in [0, 0.05) is 11.6 Å². The summed E-state index contributed by atoms with van der Waals surface area (Å²) in [7, 11) is 0. The Bertz CT molecular complexity index is 247. The summed E-state index contributed by atoms with van der Waals surface area (Å²) in [5.74, 6) is -0.133. The lowest BCUT2D eigenvalue weighted by Gasteiger charge is -2.12. The molecular weight excluding hydrogens is 153 g/mol. The number of nitrogens with one attached hydrogen (secondary N) is 1. The first kappa shape index (κ1) is 9.20. The maximum Gasteiger partial charge on any atom is 0.127 e. The van der Waals surface area contributed by atoms with Gasteiger partial charge >= 0.3 is 0 Å². The van der Waals surface area contributed by atoms with E-state index in [-0.39, 0.29) is 11.9 Å². The molecule has 0 amide bonds. The van der Waals surface area contributed by atoms with Gasteiger partial charge in [-0.25, -0.2) is 4.39 Å². The van der Waals surface area contributed by atoms with E-state index in [2.05, 4.69) is 5.32 Å². The summed E-state index contributed by atoms with van der Waals surface area (Å²) in [6, 6.07) is 6.95. The molecule has 0 saturated carbocycles. The quantitative estimate of drug-likeness (QED) is 0.729. The van der Waals surface area contributed by atoms with Gasteiger partial charge in [-0.05, 0) is 19.5 Å². The Balaban J connectivity index is 2.79. The highest BCUT2D eigenvalue weighted by Gasteiger charge is 2.07. The summed E-state index contributed by atoms with van der Waals surface area (Å²) in [4.78, 5) is 0. The fourth-order valence-electron chi connectivity index (χ4n) is 1.24. The molecule has 1 atom stereocenters. The first-order valence-corrected chi connectivity index (χ1v) is 4.23. The van der Waals surface area contributed by atoms with Crippen LogP contribution >= 0.6 is 0 Å². The van der Waals surface area contributed by atoms with Crippen LogP contribution in [0.1, 0.15) is 25.5 Å². The molecule has 1 rings (SSSR count). The van der Waals surface area contributed by atoms with Crippen LogP contribution in [0.3, 0.4) is 0 Å². The third-order valence-corrected chi connectivity index (χ3v) is 1.88. The molecule has 12 heavy (non-hydrogen) atoms. The van der Waals surface area contributed by atoms with Crippen molar-refractivity contribution in [1.29, 1.82) is 0 Å². The third-order valence-electron chi connectivity index (χ3n) is 1.88. The fourth-order valence-corrected chi connectivity index (χ4v) is 1.24. The minimum absolute atomic E-state index is 0.0937. The Morgan fingerprint density at radius 2 is 2.08 bits per heavy atom. The number of halogens is 1. The number of hydrogen-bond donors (Lipinski definition) is 1. The number of rotatable bonds is 3. The Labute approximate surface area is 72.6 Å². The predicted molar refractivity (Wildman–Crippen MR) is 48.5 cm³/mol. The predicted octanol–water partition coefficient (Wildman–Crippen LogP) is 2.50. The summed E-state index contributed by atoms with van der Waals surface area (Å²) >= 11 is 0. The molecule has 0 aliphatic rings. The maximum absolute atomic E-state index is 13.1. The van der Waals surface area contributed by atoms with E-state index in [9.17, 15) is 4.39 Å². The second-order valence-electron chi connectivity index (χ2n) is 2.80. The molecule has 0 bridgehead atoms. The van der Waals surface area contributed by atoms with Gasteiger partial charge in [0.15, 0.2) is 0 Å². The topological polar surface area (TPSA) is 12.0 Å². The van der Waals surface area contributed by atoms with Gasteiger partial charge in [0.2, 0.25) is 0 Å². The van der Waals surface area contributed by atoms with Crippen LogP contribution in [0.4, 0.5) is 4.39 Å². The zero-order valence-corrected chi connectivity index (χ0v) is 7.47. The van der Waals surface area contributed by atoms with Crippen molar-refractivity contribution in [2.75, 3.05) is 6.54 Å². The van der Waals surface area contributed by atoms with Gasteiger partial charge in [-0.3, -0.25) is 0 Å². The molecule has 1 aromatic carbocycles. The van der Waals surface area contributed by atoms with E-state index in [1.165, 1.54) is 6.07 Å². The van der Waals surface area contributed by atoms with Crippen LogP contribution in [0, 0.1) is 5.82 Å². The van der Waals surface area contributed by atoms with Crippen molar-refractivity contribution in [3.63, 3.8) is 0 Å². The van der Waals surface area contributed by atoms with Crippen LogP contribution in [-0.2, 0) is 0 Å². The molecule has 0 fully saturated rings. The van der Waals surface area contributed by atoms with Crippen molar-refractivity contribution < 1.29 is 4.39 Å². The molecule has 0 aliphatic carbocycles. The van der Waals surface area contributed by atoms with Crippen molar-refractivity contribution in [1.82, 2.24) is 5.32 Å². The Morgan fingerprint density at radius 3 is 2.67 bits per heavy atom. The molecule has 66 valence electrons. The zero-order chi connectivity index (χ0) is 8.97. The Kier molecular flexibility index (Phi) is 3.23. The Morgan fingerprint density at radius 1 is 1.42 bits per heavy atom. The van der Waals surface area contributed by atoms with Crippen LogP contribution in [0.5, 0.6) is 0 Å². The minimum atomic E-state index is -0.133. The molecule has 0 aliphatic heterocycles. The van der Waals surface area contributed by atoms with Gasteiger partial charge in [0.05, 0.1) is 0 Å². The lowest BCUT2D eigenvalue weighted by Crippen LogP contribution is -2.18. The van der Waals surface area contributed by atoms with Gasteiger partial charge in [-0.1, -0.05) is 25.1 Å². The van der Waals surface area contributed by atoms with Crippen LogP contribution in [0.15, 0.2) is 24.3 Å². The van der Waals surface area contributed by atoms with Crippen LogP contribution in [-0.4, -0.2) is 6.54 Å². The molecule has 1 N–H and O–H groups in total. The minimum Gasteiger partial charge on any atom is -0.310 e. The molecule has 0 unspecified atom stereocenters. The molecule has 1 aromatic rings. The summed E-state index contributed by atoms with van der Waals surface area (Å²) in [5.41, 5.74) is 0.736. The van der Waals surface area contributed by atoms with Gasteiger partial charge < -0.3 is 5.32 Å². The highest BCUT2D eigenvalue weighted by molar-refractivity contribution is 5.20. The summed E-state index contributed by atoms with van der Waals surface area (Å²) in [6.45, 7) is 4.83. The molecule has 0 heterocycles. The van der Waals surface area contributed by atoms with Crippen LogP contribution in [0.2, 0.25) is 0 Å². The van der Waals surface area contributed by atoms with E-state index < -0.39 is 0 Å².